The summed E-state index contributed by atoms with van der Waals surface area (Å²) in [5.74, 6) is -0.653. The van der Waals surface area contributed by atoms with E-state index in [-0.39, 0.29) is 42.0 Å². The van der Waals surface area contributed by atoms with Crippen LogP contribution in [0.3, 0.4) is 0 Å². The number of aromatic nitrogens is 4. The number of rotatable bonds is 12. The summed E-state index contributed by atoms with van der Waals surface area (Å²) < 4.78 is 28.6. The van der Waals surface area contributed by atoms with E-state index in [1.807, 2.05) is 0 Å². The van der Waals surface area contributed by atoms with Crippen molar-refractivity contribution in [1.82, 2.24) is 20.0 Å². The van der Waals surface area contributed by atoms with Crippen LogP contribution in [0.25, 0.3) is 16.3 Å². The van der Waals surface area contributed by atoms with E-state index >= 15 is 0 Å². The van der Waals surface area contributed by atoms with Gasteiger partial charge < -0.3 is 34.2 Å². The van der Waals surface area contributed by atoms with E-state index < -0.39 is 17.5 Å². The van der Waals surface area contributed by atoms with Crippen LogP contribution in [0.1, 0.15) is 10.6 Å². The zero-order chi connectivity index (χ0) is 27.9. The van der Waals surface area contributed by atoms with E-state index in [4.69, 9.17) is 29.1 Å². The normalized spacial score (nSPS) is 11.7. The molecule has 4 rings (SSSR count). The molecular weight excluding hydrogens is 532 g/mol. The molecule has 3 heterocycles. The zero-order valence-corrected chi connectivity index (χ0v) is 22.1. The van der Waals surface area contributed by atoms with Crippen LogP contribution in [0.5, 0.6) is 17.2 Å². The number of nitrogens with one attached hydrogen (secondary N) is 1. The largest absolute Gasteiger partial charge is 0.496 e. The lowest BCUT2D eigenvalue weighted by atomic mass is 10.0. The molecule has 0 aliphatic rings. The first kappa shape index (κ1) is 27.6. The minimum absolute atomic E-state index is 0.0603. The average molecular weight is 559 g/mol. The molecule has 1 amide bonds. The standard InChI is InChI=1S/C24H26N6O8S/c1-34-11-13(10-31)12-37-20-14(19-15(35-2)5-4-6-16(19)36-3)9-17(38-22(20)33)21(32)27-23-28-29-24(39-23)30-18(25)7-8-26-30/h4-9,13,31H,10-12,25H2,1-3H3,(H,27,28,32)/t13-/m0/s1. The van der Waals surface area contributed by atoms with Gasteiger partial charge in [0.25, 0.3) is 5.91 Å². The molecule has 0 fully saturated rings. The molecule has 4 N–H and O–H groups in total. The Balaban J connectivity index is 1.73. The van der Waals surface area contributed by atoms with Crippen molar-refractivity contribution in [2.24, 2.45) is 5.92 Å². The Hall–Kier alpha value is -4.47. The molecule has 0 unspecified atom stereocenters. The molecule has 0 aliphatic carbocycles. The Morgan fingerprint density at radius 2 is 1.92 bits per heavy atom. The van der Waals surface area contributed by atoms with E-state index in [0.717, 1.165) is 11.3 Å². The highest BCUT2D eigenvalue weighted by Gasteiger charge is 2.25. The summed E-state index contributed by atoms with van der Waals surface area (Å²) >= 11 is 1.01. The minimum atomic E-state index is -0.929. The number of nitrogens with two attached hydrogens (primary N) is 1. The Morgan fingerprint density at radius 1 is 1.18 bits per heavy atom. The number of methoxy groups -OCH3 is 3. The molecule has 0 bridgehead atoms. The number of anilines is 2. The van der Waals surface area contributed by atoms with Crippen LogP contribution < -0.4 is 30.9 Å². The Morgan fingerprint density at radius 3 is 2.54 bits per heavy atom. The third kappa shape index (κ3) is 6.00. The Bertz CT molecular complexity index is 1480. The van der Waals surface area contributed by atoms with E-state index in [1.54, 1.807) is 24.3 Å². The first-order chi connectivity index (χ1) is 18.9. The van der Waals surface area contributed by atoms with Gasteiger partial charge in [-0.05, 0) is 18.2 Å². The van der Waals surface area contributed by atoms with Crippen LogP contribution in [0.15, 0.2) is 45.7 Å². The van der Waals surface area contributed by atoms with Crippen molar-refractivity contribution in [1.29, 1.82) is 0 Å². The SMILES string of the molecule is COC[C@H](CO)COc1c(-c2c(OC)cccc2OC)cc(C(=O)Nc2nnc(-n3nccc3N)s2)oc1=O. The van der Waals surface area contributed by atoms with Crippen molar-refractivity contribution >= 4 is 28.2 Å². The van der Waals surface area contributed by atoms with Crippen molar-refractivity contribution in [2.45, 2.75) is 0 Å². The third-order valence-corrected chi connectivity index (χ3v) is 6.26. The first-order valence-corrected chi connectivity index (χ1v) is 12.3. The summed E-state index contributed by atoms with van der Waals surface area (Å²) in [4.78, 5) is 26.3. The zero-order valence-electron chi connectivity index (χ0n) is 21.2. The second-order valence-corrected chi connectivity index (χ2v) is 8.96. The van der Waals surface area contributed by atoms with Gasteiger partial charge in [0.15, 0.2) is 5.76 Å². The number of amides is 1. The van der Waals surface area contributed by atoms with Gasteiger partial charge in [-0.3, -0.25) is 10.1 Å². The van der Waals surface area contributed by atoms with Gasteiger partial charge in [-0.2, -0.15) is 9.78 Å². The maximum atomic E-state index is 13.1. The topological polar surface area (TPSA) is 186 Å². The van der Waals surface area contributed by atoms with Crippen molar-refractivity contribution in [3.8, 4) is 33.5 Å². The number of hydrogen-bond donors (Lipinski definition) is 3. The highest BCUT2D eigenvalue weighted by molar-refractivity contribution is 7.17. The van der Waals surface area contributed by atoms with Crippen LogP contribution in [0, 0.1) is 5.92 Å². The average Bonchev–Trinajstić information content (AvgIpc) is 3.58. The molecule has 0 saturated carbocycles. The predicted octanol–water partition coefficient (Wildman–Crippen LogP) is 1.83. The summed E-state index contributed by atoms with van der Waals surface area (Å²) in [5.41, 5.74) is 5.46. The molecule has 1 atom stereocenters. The summed E-state index contributed by atoms with van der Waals surface area (Å²) in [6, 6.07) is 7.97. The number of nitrogens with zero attached hydrogens (tertiary/aromatic N) is 4. The molecule has 0 spiro atoms. The highest BCUT2D eigenvalue weighted by Crippen LogP contribution is 2.42. The molecule has 0 aliphatic heterocycles. The molecule has 0 saturated heterocycles. The first-order valence-electron chi connectivity index (χ1n) is 11.5. The quantitative estimate of drug-likeness (QED) is 0.229. The molecule has 4 aromatic rings. The number of carbonyl (C=O) groups excluding carboxylic acids is 1. The smallest absolute Gasteiger partial charge is 0.379 e. The predicted molar refractivity (Wildman–Crippen MR) is 141 cm³/mol. The van der Waals surface area contributed by atoms with Crippen LogP contribution in [-0.2, 0) is 4.74 Å². The second-order valence-electron chi connectivity index (χ2n) is 8.01. The van der Waals surface area contributed by atoms with E-state index in [9.17, 15) is 14.7 Å². The molecule has 39 heavy (non-hydrogen) atoms. The molecular formula is C24H26N6O8S. The van der Waals surface area contributed by atoms with Crippen LogP contribution in [-0.4, -0.2) is 72.1 Å². The highest BCUT2D eigenvalue weighted by atomic mass is 32.1. The molecule has 0 radical (unpaired) electrons. The summed E-state index contributed by atoms with van der Waals surface area (Å²) in [6.45, 7) is -0.0973. The number of hydrogen-bond acceptors (Lipinski definition) is 13. The second kappa shape index (κ2) is 12.4. The van der Waals surface area contributed by atoms with Crippen LogP contribution >= 0.6 is 11.3 Å². The monoisotopic (exact) mass is 558 g/mol. The van der Waals surface area contributed by atoms with Crippen molar-refractivity contribution in [2.75, 3.05) is 52.2 Å². The molecule has 1 aromatic carbocycles. The summed E-state index contributed by atoms with van der Waals surface area (Å²) in [7, 11) is 4.40. The van der Waals surface area contributed by atoms with Crippen molar-refractivity contribution in [3.63, 3.8) is 0 Å². The molecule has 14 nitrogen and oxygen atoms in total. The lowest BCUT2D eigenvalue weighted by Crippen LogP contribution is -2.24. The third-order valence-electron chi connectivity index (χ3n) is 5.44. The maximum absolute atomic E-state index is 13.1. The maximum Gasteiger partial charge on any atom is 0.379 e. The van der Waals surface area contributed by atoms with Gasteiger partial charge in [-0.25, -0.2) is 4.79 Å². The molecule has 15 heteroatoms. The van der Waals surface area contributed by atoms with Crippen molar-refractivity contribution < 1.29 is 33.3 Å². The number of nitrogen functional groups attached to an aromatic ring is 1. The number of aliphatic hydroxyl groups is 1. The van der Waals surface area contributed by atoms with Crippen molar-refractivity contribution in [3.05, 3.63) is 52.7 Å². The lowest BCUT2D eigenvalue weighted by molar-refractivity contribution is 0.0769. The van der Waals surface area contributed by atoms with Gasteiger partial charge in [0.1, 0.15) is 17.3 Å². The van der Waals surface area contributed by atoms with Gasteiger partial charge in [0.05, 0.1) is 45.8 Å². The van der Waals surface area contributed by atoms with E-state index in [0.29, 0.717) is 28.0 Å². The van der Waals surface area contributed by atoms with Crippen LogP contribution in [0.2, 0.25) is 0 Å². The number of aliphatic hydroxyl groups excluding tert-OH is 1. The number of carbonyl (C=O) groups is 1. The van der Waals surface area contributed by atoms with Gasteiger partial charge >= 0.3 is 5.63 Å². The molecule has 3 aromatic heterocycles. The van der Waals surface area contributed by atoms with E-state index in [1.165, 1.54) is 38.3 Å². The minimum Gasteiger partial charge on any atom is -0.496 e. The fourth-order valence-corrected chi connectivity index (χ4v) is 4.33. The summed E-state index contributed by atoms with van der Waals surface area (Å²) in [6.07, 6.45) is 1.50. The summed E-state index contributed by atoms with van der Waals surface area (Å²) in [5, 5.41) is 24.6. The van der Waals surface area contributed by atoms with E-state index in [2.05, 4.69) is 20.6 Å². The fraction of sp³-hybridized carbons (Fsp3) is 0.292. The number of benzene rings is 1. The lowest BCUT2D eigenvalue weighted by Gasteiger charge is -2.18. The Labute approximate surface area is 225 Å². The fourth-order valence-electron chi connectivity index (χ4n) is 3.61. The molecule has 206 valence electrons. The van der Waals surface area contributed by atoms with Gasteiger partial charge in [-0.15, -0.1) is 10.2 Å². The Kier molecular flexibility index (Phi) is 8.75. The van der Waals surface area contributed by atoms with Gasteiger partial charge in [-0.1, -0.05) is 17.4 Å². The van der Waals surface area contributed by atoms with Gasteiger partial charge in [0.2, 0.25) is 16.0 Å². The number of ether oxygens (including phenoxy) is 4. The van der Waals surface area contributed by atoms with Gasteiger partial charge in [0, 0.05) is 24.7 Å². The van der Waals surface area contributed by atoms with Crippen LogP contribution in [0.4, 0.5) is 10.9 Å².